The van der Waals surface area contributed by atoms with E-state index in [0.29, 0.717) is 5.56 Å². The highest BCUT2D eigenvalue weighted by Gasteiger charge is 2.01. The second kappa shape index (κ2) is 5.51. The lowest BCUT2D eigenvalue weighted by atomic mass is 10.2. The van der Waals surface area contributed by atoms with Crippen LogP contribution in [0.15, 0.2) is 35.7 Å². The number of thiophene rings is 1. The van der Waals surface area contributed by atoms with E-state index in [1.165, 1.54) is 10.4 Å². The van der Waals surface area contributed by atoms with E-state index in [1.54, 1.807) is 11.3 Å². The Morgan fingerprint density at radius 2 is 2.00 bits per heavy atom. The SMILES string of the molecule is CCc1ccsc1CNc1ccc(C#N)cc1. The second-order valence-corrected chi connectivity index (χ2v) is 4.77. The predicted molar refractivity (Wildman–Crippen MR) is 72.2 cm³/mol. The highest BCUT2D eigenvalue weighted by Crippen LogP contribution is 2.19. The van der Waals surface area contributed by atoms with Gasteiger partial charge >= 0.3 is 0 Å². The van der Waals surface area contributed by atoms with Crippen molar-refractivity contribution in [3.05, 3.63) is 51.7 Å². The van der Waals surface area contributed by atoms with Gasteiger partial charge in [0.1, 0.15) is 0 Å². The summed E-state index contributed by atoms with van der Waals surface area (Å²) in [4.78, 5) is 1.39. The molecule has 0 aliphatic carbocycles. The predicted octanol–water partition coefficient (Wildman–Crippen LogP) is 3.79. The molecule has 1 N–H and O–H groups in total. The third-order valence-electron chi connectivity index (χ3n) is 2.69. The van der Waals surface area contributed by atoms with Crippen LogP contribution in [0.25, 0.3) is 0 Å². The van der Waals surface area contributed by atoms with Crippen molar-refractivity contribution in [1.82, 2.24) is 0 Å². The fourth-order valence-corrected chi connectivity index (χ4v) is 2.60. The maximum absolute atomic E-state index is 8.71. The van der Waals surface area contributed by atoms with Crippen molar-refractivity contribution >= 4 is 17.0 Å². The minimum Gasteiger partial charge on any atom is -0.380 e. The highest BCUT2D eigenvalue weighted by atomic mass is 32.1. The summed E-state index contributed by atoms with van der Waals surface area (Å²) in [5.41, 5.74) is 3.16. The monoisotopic (exact) mass is 242 g/mol. The number of hydrogen-bond donors (Lipinski definition) is 1. The van der Waals surface area contributed by atoms with Crippen molar-refractivity contribution in [2.75, 3.05) is 5.32 Å². The summed E-state index contributed by atoms with van der Waals surface area (Å²) in [5, 5.41) is 14.2. The lowest BCUT2D eigenvalue weighted by Crippen LogP contribution is -1.99. The largest absolute Gasteiger partial charge is 0.380 e. The summed E-state index contributed by atoms with van der Waals surface area (Å²) in [5.74, 6) is 0. The third kappa shape index (κ3) is 2.86. The Balaban J connectivity index is 2.00. The van der Waals surface area contributed by atoms with E-state index in [-0.39, 0.29) is 0 Å². The summed E-state index contributed by atoms with van der Waals surface area (Å²) in [7, 11) is 0. The Morgan fingerprint density at radius 3 is 2.65 bits per heavy atom. The van der Waals surface area contributed by atoms with Gasteiger partial charge in [0.25, 0.3) is 0 Å². The first-order valence-corrected chi connectivity index (χ1v) is 6.50. The zero-order valence-corrected chi connectivity index (χ0v) is 10.6. The Labute approximate surface area is 106 Å². The van der Waals surface area contributed by atoms with Crippen molar-refractivity contribution in [1.29, 1.82) is 5.26 Å². The molecule has 0 aliphatic rings. The van der Waals surface area contributed by atoms with Gasteiger partial charge in [-0.25, -0.2) is 0 Å². The summed E-state index contributed by atoms with van der Waals surface area (Å²) in [6.07, 6.45) is 1.08. The van der Waals surface area contributed by atoms with Crippen molar-refractivity contribution in [3.63, 3.8) is 0 Å². The van der Waals surface area contributed by atoms with E-state index >= 15 is 0 Å². The van der Waals surface area contributed by atoms with Gasteiger partial charge in [0.05, 0.1) is 11.6 Å². The van der Waals surface area contributed by atoms with Crippen molar-refractivity contribution in [3.8, 4) is 6.07 Å². The van der Waals surface area contributed by atoms with Crippen LogP contribution in [0.3, 0.4) is 0 Å². The average molecular weight is 242 g/mol. The lowest BCUT2D eigenvalue weighted by Gasteiger charge is -2.06. The Bertz CT molecular complexity index is 520. The van der Waals surface area contributed by atoms with Gasteiger partial charge in [0.15, 0.2) is 0 Å². The Kier molecular flexibility index (Phi) is 3.79. The van der Waals surface area contributed by atoms with Crippen LogP contribution < -0.4 is 5.32 Å². The first-order valence-electron chi connectivity index (χ1n) is 5.62. The van der Waals surface area contributed by atoms with Crippen molar-refractivity contribution < 1.29 is 0 Å². The van der Waals surface area contributed by atoms with Crippen LogP contribution >= 0.6 is 11.3 Å². The van der Waals surface area contributed by atoms with Crippen LogP contribution in [0.1, 0.15) is 22.9 Å². The Hall–Kier alpha value is -1.79. The summed E-state index contributed by atoms with van der Waals surface area (Å²) >= 11 is 1.79. The minimum atomic E-state index is 0.695. The number of aryl methyl sites for hydroxylation is 1. The quantitative estimate of drug-likeness (QED) is 0.885. The molecule has 0 amide bonds. The molecular formula is C14H14N2S. The molecule has 2 nitrogen and oxygen atoms in total. The molecule has 0 atom stereocenters. The Morgan fingerprint density at radius 1 is 1.24 bits per heavy atom. The molecule has 0 bridgehead atoms. The molecule has 0 aliphatic heterocycles. The van der Waals surface area contributed by atoms with E-state index in [2.05, 4.69) is 29.8 Å². The third-order valence-corrected chi connectivity index (χ3v) is 3.65. The minimum absolute atomic E-state index is 0.695. The molecule has 0 saturated carbocycles. The summed E-state index contributed by atoms with van der Waals surface area (Å²) in [6.45, 7) is 3.03. The van der Waals surface area contributed by atoms with Crippen molar-refractivity contribution in [2.24, 2.45) is 0 Å². The molecule has 3 heteroatoms. The highest BCUT2D eigenvalue weighted by molar-refractivity contribution is 7.10. The first-order chi connectivity index (χ1) is 8.33. The number of anilines is 1. The fourth-order valence-electron chi connectivity index (χ4n) is 1.68. The lowest BCUT2D eigenvalue weighted by molar-refractivity contribution is 1.08. The summed E-state index contributed by atoms with van der Waals surface area (Å²) in [6, 6.07) is 11.8. The topological polar surface area (TPSA) is 35.8 Å². The standard InChI is InChI=1S/C14H14N2S/c1-2-12-7-8-17-14(12)10-16-13-5-3-11(9-15)4-6-13/h3-8,16H,2,10H2,1H3. The number of nitrogens with zero attached hydrogens (tertiary/aromatic N) is 1. The molecule has 0 radical (unpaired) electrons. The molecule has 17 heavy (non-hydrogen) atoms. The van der Waals surface area contributed by atoms with Crippen LogP contribution in [0.2, 0.25) is 0 Å². The summed E-state index contributed by atoms with van der Waals surface area (Å²) < 4.78 is 0. The average Bonchev–Trinajstić information content (AvgIpc) is 2.84. The fraction of sp³-hybridized carbons (Fsp3) is 0.214. The van der Waals surface area contributed by atoms with Gasteiger partial charge in [-0.1, -0.05) is 6.92 Å². The van der Waals surface area contributed by atoms with Gasteiger partial charge in [-0.05, 0) is 47.7 Å². The zero-order valence-electron chi connectivity index (χ0n) is 9.73. The number of nitriles is 1. The van der Waals surface area contributed by atoms with Crippen LogP contribution in [0, 0.1) is 11.3 Å². The molecule has 86 valence electrons. The van der Waals surface area contributed by atoms with Gasteiger partial charge in [-0.2, -0.15) is 5.26 Å². The van der Waals surface area contributed by atoms with Gasteiger partial charge < -0.3 is 5.32 Å². The van der Waals surface area contributed by atoms with E-state index in [9.17, 15) is 0 Å². The van der Waals surface area contributed by atoms with Crippen molar-refractivity contribution in [2.45, 2.75) is 19.9 Å². The zero-order chi connectivity index (χ0) is 12.1. The molecule has 1 aromatic carbocycles. The van der Waals surface area contributed by atoms with E-state index in [4.69, 9.17) is 5.26 Å². The molecule has 0 fully saturated rings. The number of hydrogen-bond acceptors (Lipinski definition) is 3. The van der Waals surface area contributed by atoms with Crippen LogP contribution in [0.5, 0.6) is 0 Å². The number of benzene rings is 1. The molecule has 0 unspecified atom stereocenters. The van der Waals surface area contributed by atoms with Gasteiger partial charge in [-0.3, -0.25) is 0 Å². The van der Waals surface area contributed by atoms with Crippen LogP contribution in [0.4, 0.5) is 5.69 Å². The molecule has 0 saturated heterocycles. The van der Waals surface area contributed by atoms with Crippen LogP contribution in [-0.4, -0.2) is 0 Å². The number of rotatable bonds is 4. The smallest absolute Gasteiger partial charge is 0.0991 e. The molecule has 1 heterocycles. The van der Waals surface area contributed by atoms with E-state index in [0.717, 1.165) is 18.7 Å². The molecule has 1 aromatic heterocycles. The van der Waals surface area contributed by atoms with Gasteiger partial charge in [0.2, 0.25) is 0 Å². The maximum atomic E-state index is 8.71. The van der Waals surface area contributed by atoms with Gasteiger partial charge in [0, 0.05) is 17.1 Å². The van der Waals surface area contributed by atoms with Crippen LogP contribution in [-0.2, 0) is 13.0 Å². The molecule has 2 rings (SSSR count). The molecular weight excluding hydrogens is 228 g/mol. The first kappa shape index (κ1) is 11.7. The maximum Gasteiger partial charge on any atom is 0.0991 e. The normalized spacial score (nSPS) is 9.88. The van der Waals surface area contributed by atoms with Gasteiger partial charge in [-0.15, -0.1) is 11.3 Å². The second-order valence-electron chi connectivity index (χ2n) is 3.77. The number of nitrogens with one attached hydrogen (secondary N) is 1. The molecule has 0 spiro atoms. The molecule has 2 aromatic rings. The van der Waals surface area contributed by atoms with E-state index < -0.39 is 0 Å². The van der Waals surface area contributed by atoms with E-state index in [1.807, 2.05) is 24.3 Å².